The SMILES string of the molecule is [2H]C([2H])(c1[c-]c(-n2[c-][n+](-c3ccccc3)c3ccccc32)ccc1)c1[c-]c2c(cc1)c1ccccc1n2-c1cc2c(cn1)COC2.[Pt]. The largest absolute Gasteiger partial charge is 0.372 e. The van der Waals surface area contributed by atoms with Gasteiger partial charge in [-0.1, -0.05) is 66.2 Å². The van der Waals surface area contributed by atoms with E-state index in [0.717, 1.165) is 55.5 Å². The van der Waals surface area contributed by atoms with Gasteiger partial charge in [0.15, 0.2) is 0 Å². The molecule has 0 amide bonds. The van der Waals surface area contributed by atoms with Gasteiger partial charge in [-0.3, -0.25) is 4.57 Å². The number of aromatic nitrogens is 4. The van der Waals surface area contributed by atoms with Gasteiger partial charge in [-0.2, -0.15) is 53.6 Å². The molecule has 0 fully saturated rings. The number of rotatable bonds is 5. The van der Waals surface area contributed by atoms with Gasteiger partial charge < -0.3 is 13.9 Å². The molecule has 45 heavy (non-hydrogen) atoms. The van der Waals surface area contributed by atoms with Gasteiger partial charge in [-0.05, 0) is 47.3 Å². The van der Waals surface area contributed by atoms with Crippen molar-refractivity contribution in [2.45, 2.75) is 19.6 Å². The zero-order valence-electron chi connectivity index (χ0n) is 26.0. The Morgan fingerprint density at radius 1 is 0.756 bits per heavy atom. The van der Waals surface area contributed by atoms with Crippen LogP contribution >= 0.6 is 0 Å². The second-order valence-electron chi connectivity index (χ2n) is 11.0. The molecule has 1 aliphatic heterocycles. The number of hydrogen-bond acceptors (Lipinski definition) is 2. The minimum Gasteiger partial charge on any atom is -0.372 e. The van der Waals surface area contributed by atoms with Crippen LogP contribution in [0, 0.1) is 18.5 Å². The van der Waals surface area contributed by atoms with Gasteiger partial charge in [0.05, 0.1) is 29.9 Å². The first-order valence-electron chi connectivity index (χ1n) is 15.6. The van der Waals surface area contributed by atoms with Crippen LogP contribution in [0.3, 0.4) is 0 Å². The van der Waals surface area contributed by atoms with Gasteiger partial charge in [0.2, 0.25) is 0 Å². The van der Waals surface area contributed by atoms with Crippen molar-refractivity contribution in [1.82, 2.24) is 14.1 Å². The molecule has 0 spiro atoms. The monoisotopic (exact) mass is 763 g/mol. The van der Waals surface area contributed by atoms with Crippen molar-refractivity contribution in [2.24, 2.45) is 0 Å². The minimum absolute atomic E-state index is 0. The molecular formula is C39H26N4OPt-2. The van der Waals surface area contributed by atoms with E-state index in [1.807, 2.05) is 100 Å². The Morgan fingerprint density at radius 2 is 1.53 bits per heavy atom. The van der Waals surface area contributed by atoms with Crippen LogP contribution < -0.4 is 4.57 Å². The maximum atomic E-state index is 9.39. The molecule has 0 bridgehead atoms. The predicted octanol–water partition coefficient (Wildman–Crippen LogP) is 7.42. The molecule has 0 atom stereocenters. The third kappa shape index (κ3) is 4.71. The first-order chi connectivity index (χ1) is 22.6. The number of para-hydroxylation sites is 4. The molecule has 3 aromatic heterocycles. The quantitative estimate of drug-likeness (QED) is 0.135. The zero-order valence-corrected chi connectivity index (χ0v) is 26.2. The molecule has 8 aromatic rings. The summed E-state index contributed by atoms with van der Waals surface area (Å²) >= 11 is 0. The average Bonchev–Trinajstić information content (AvgIpc) is 3.82. The van der Waals surface area contributed by atoms with E-state index in [2.05, 4.69) is 47.3 Å². The Morgan fingerprint density at radius 3 is 2.44 bits per heavy atom. The third-order valence-corrected chi connectivity index (χ3v) is 8.26. The summed E-state index contributed by atoms with van der Waals surface area (Å²) in [7, 11) is 0. The second-order valence-corrected chi connectivity index (χ2v) is 11.0. The van der Waals surface area contributed by atoms with Crippen LogP contribution in [-0.4, -0.2) is 14.1 Å². The molecule has 1 aliphatic rings. The van der Waals surface area contributed by atoms with E-state index in [4.69, 9.17) is 9.72 Å². The number of ether oxygens (including phenoxy) is 1. The summed E-state index contributed by atoms with van der Waals surface area (Å²) in [5.41, 5.74) is 8.46. The summed E-state index contributed by atoms with van der Waals surface area (Å²) in [5, 5.41) is 2.06. The first-order valence-corrected chi connectivity index (χ1v) is 14.6. The Balaban J connectivity index is 0.00000324. The van der Waals surface area contributed by atoms with Crippen molar-refractivity contribution in [3.8, 4) is 17.2 Å². The predicted molar refractivity (Wildman–Crippen MR) is 171 cm³/mol. The number of benzene rings is 5. The molecule has 6 heteroatoms. The Hall–Kier alpha value is -4.83. The van der Waals surface area contributed by atoms with Crippen LogP contribution in [0.2, 0.25) is 0 Å². The Kier molecular flexibility index (Phi) is 6.38. The summed E-state index contributed by atoms with van der Waals surface area (Å²) in [4.78, 5) is 4.79. The smallest absolute Gasteiger partial charge is 0.268 e. The topological polar surface area (TPSA) is 35.9 Å². The van der Waals surface area contributed by atoms with Crippen LogP contribution in [0.25, 0.3) is 50.0 Å². The van der Waals surface area contributed by atoms with Crippen LogP contribution in [0.5, 0.6) is 0 Å². The molecule has 0 radical (unpaired) electrons. The molecule has 220 valence electrons. The molecule has 9 rings (SSSR count). The van der Waals surface area contributed by atoms with E-state index in [9.17, 15) is 2.74 Å². The van der Waals surface area contributed by atoms with Gasteiger partial charge >= 0.3 is 0 Å². The van der Waals surface area contributed by atoms with Crippen molar-refractivity contribution >= 4 is 32.8 Å². The van der Waals surface area contributed by atoms with Crippen LogP contribution in [0.4, 0.5) is 0 Å². The van der Waals surface area contributed by atoms with E-state index in [1.165, 1.54) is 0 Å². The minimum atomic E-state index is -1.89. The maximum absolute atomic E-state index is 9.39. The Bertz CT molecular complexity index is 2450. The van der Waals surface area contributed by atoms with Gasteiger partial charge in [-0.25, -0.2) is 4.98 Å². The molecule has 0 saturated heterocycles. The fourth-order valence-electron chi connectivity index (χ4n) is 6.19. The van der Waals surface area contributed by atoms with Gasteiger partial charge in [0, 0.05) is 41.1 Å². The van der Waals surface area contributed by atoms with Crippen LogP contribution in [0.15, 0.2) is 121 Å². The molecule has 5 nitrogen and oxygen atoms in total. The van der Waals surface area contributed by atoms with Crippen LogP contribution in [-0.2, 0) is 45.4 Å². The van der Waals surface area contributed by atoms with Gasteiger partial charge in [0.1, 0.15) is 5.82 Å². The standard InChI is InChI=1S/C39H26N4O.Pt/c1-2-10-31(11-3-1)41-26-42(37-16-7-6-15-36(37)41)32-12-8-9-27(20-32)19-28-17-18-34-33-13-4-5-14-35(33)43(38(34)21-28)39-22-29-24-44-25-30(29)23-40-39;/h1-18,22-23H,19,24-25H2;/q-2;/i19D2;. The van der Waals surface area contributed by atoms with Crippen molar-refractivity contribution < 1.29 is 33.1 Å². The summed E-state index contributed by atoms with van der Waals surface area (Å²) in [6.45, 7) is 1.13. The fraction of sp³-hybridized carbons (Fsp3) is 0.0769. The first kappa shape index (κ1) is 25.5. The van der Waals surface area contributed by atoms with E-state index in [0.29, 0.717) is 30.0 Å². The molecule has 5 aromatic carbocycles. The summed E-state index contributed by atoms with van der Waals surface area (Å²) < 4.78 is 30.5. The van der Waals surface area contributed by atoms with Crippen molar-refractivity contribution in [3.05, 3.63) is 162 Å². The number of imidazole rings is 1. The maximum Gasteiger partial charge on any atom is 0.268 e. The van der Waals surface area contributed by atoms with E-state index >= 15 is 0 Å². The van der Waals surface area contributed by atoms with Gasteiger partial charge in [-0.15, -0.1) is 5.39 Å². The molecule has 0 saturated carbocycles. The number of nitrogens with zero attached hydrogens (tertiary/aromatic N) is 4. The number of pyridine rings is 1. The molecule has 0 aliphatic carbocycles. The third-order valence-electron chi connectivity index (χ3n) is 8.26. The fourth-order valence-corrected chi connectivity index (χ4v) is 6.19. The molecule has 4 heterocycles. The summed E-state index contributed by atoms with van der Waals surface area (Å²) in [6, 6.07) is 44.8. The molecule has 0 N–H and O–H groups in total. The average molecular weight is 764 g/mol. The van der Waals surface area contributed by atoms with E-state index in [1.54, 1.807) is 6.07 Å². The van der Waals surface area contributed by atoms with Crippen LogP contribution in [0.1, 0.15) is 25.0 Å². The summed E-state index contributed by atoms with van der Waals surface area (Å²) in [6.07, 6.45) is 3.47. The van der Waals surface area contributed by atoms with Gasteiger partial charge in [0.25, 0.3) is 6.33 Å². The van der Waals surface area contributed by atoms with Crippen molar-refractivity contribution in [1.29, 1.82) is 0 Å². The summed E-state index contributed by atoms with van der Waals surface area (Å²) in [5.74, 6) is 0.764. The van der Waals surface area contributed by atoms with E-state index in [-0.39, 0.29) is 21.1 Å². The number of fused-ring (bicyclic) bond motifs is 5. The van der Waals surface area contributed by atoms with Crippen molar-refractivity contribution in [3.63, 3.8) is 0 Å². The number of hydrogen-bond donors (Lipinski definition) is 0. The molecular weight excluding hydrogens is 736 g/mol. The zero-order chi connectivity index (χ0) is 30.8. The Labute approximate surface area is 278 Å². The van der Waals surface area contributed by atoms with Crippen molar-refractivity contribution in [2.75, 3.05) is 0 Å². The normalized spacial score (nSPS) is 13.5. The second kappa shape index (κ2) is 11.3. The van der Waals surface area contributed by atoms with E-state index < -0.39 is 6.37 Å². The molecule has 0 unspecified atom stereocenters.